The molecule has 5 aromatic rings. The van der Waals surface area contributed by atoms with Crippen molar-refractivity contribution in [2.75, 3.05) is 15.1 Å². The summed E-state index contributed by atoms with van der Waals surface area (Å²) < 4.78 is 0. The van der Waals surface area contributed by atoms with Crippen molar-refractivity contribution in [3.05, 3.63) is 132 Å². The number of rotatable bonds is 2. The number of anilines is 6. The highest BCUT2D eigenvalue weighted by atomic mass is 15.4. The highest BCUT2D eigenvalue weighted by Gasteiger charge is 2.38. The molecule has 0 saturated heterocycles. The summed E-state index contributed by atoms with van der Waals surface area (Å²) in [5.41, 5.74) is 10.4. The normalized spacial score (nSPS) is 14.6. The van der Waals surface area contributed by atoms with Crippen LogP contribution in [0.3, 0.4) is 0 Å². The van der Waals surface area contributed by atoms with Gasteiger partial charge in [0.15, 0.2) is 0 Å². The SMILES string of the molecule is N#Cc1cc(C#N)cc(-c2cccc(N3c4ccccc4C4Nc5ccccc5N4c4ccccc43)c2)c1. The van der Waals surface area contributed by atoms with Crippen molar-refractivity contribution in [2.45, 2.75) is 6.17 Å². The first kappa shape index (κ1) is 21.7. The third-order valence-electron chi connectivity index (χ3n) is 7.20. The van der Waals surface area contributed by atoms with Gasteiger partial charge >= 0.3 is 0 Å². The molecule has 0 saturated carbocycles. The highest BCUT2D eigenvalue weighted by Crippen LogP contribution is 2.55. The number of nitrogens with one attached hydrogen (secondary N) is 1. The van der Waals surface area contributed by atoms with E-state index in [1.165, 1.54) is 5.56 Å². The maximum absolute atomic E-state index is 9.51. The largest absolute Gasteiger partial charge is 0.359 e. The van der Waals surface area contributed by atoms with E-state index in [1.807, 2.05) is 24.3 Å². The lowest BCUT2D eigenvalue weighted by molar-refractivity contribution is 0.837. The van der Waals surface area contributed by atoms with Crippen LogP contribution in [0, 0.1) is 22.7 Å². The minimum absolute atomic E-state index is 0.0524. The lowest BCUT2D eigenvalue weighted by Crippen LogP contribution is -2.22. The summed E-state index contributed by atoms with van der Waals surface area (Å²) in [5.74, 6) is 0. The topological polar surface area (TPSA) is 66.1 Å². The van der Waals surface area contributed by atoms with Gasteiger partial charge in [-0.15, -0.1) is 0 Å². The van der Waals surface area contributed by atoms with Crippen molar-refractivity contribution >= 4 is 34.1 Å². The van der Waals surface area contributed by atoms with Gasteiger partial charge in [0.2, 0.25) is 0 Å². The first-order valence-corrected chi connectivity index (χ1v) is 12.4. The van der Waals surface area contributed by atoms with Gasteiger partial charge in [-0.05, 0) is 71.8 Å². The third-order valence-corrected chi connectivity index (χ3v) is 7.20. The van der Waals surface area contributed by atoms with Gasteiger partial charge in [-0.3, -0.25) is 0 Å². The summed E-state index contributed by atoms with van der Waals surface area (Å²) in [6, 6.07) is 43.4. The molecule has 38 heavy (non-hydrogen) atoms. The van der Waals surface area contributed by atoms with Crippen molar-refractivity contribution in [1.29, 1.82) is 10.5 Å². The fourth-order valence-corrected chi connectivity index (χ4v) is 5.58. The average molecular weight is 488 g/mol. The number of hydrogen-bond acceptors (Lipinski definition) is 5. The molecule has 0 spiro atoms. The van der Waals surface area contributed by atoms with Crippen molar-refractivity contribution < 1.29 is 0 Å². The summed E-state index contributed by atoms with van der Waals surface area (Å²) in [7, 11) is 0. The Morgan fingerprint density at radius 1 is 0.579 bits per heavy atom. The maximum atomic E-state index is 9.51. The highest BCUT2D eigenvalue weighted by molar-refractivity contribution is 5.96. The minimum Gasteiger partial charge on any atom is -0.359 e. The van der Waals surface area contributed by atoms with E-state index < -0.39 is 0 Å². The van der Waals surface area contributed by atoms with Crippen LogP contribution in [0.15, 0.2) is 115 Å². The zero-order valence-electron chi connectivity index (χ0n) is 20.3. The third kappa shape index (κ3) is 3.31. The zero-order chi connectivity index (χ0) is 25.6. The van der Waals surface area contributed by atoms with Gasteiger partial charge in [0.1, 0.15) is 6.17 Å². The van der Waals surface area contributed by atoms with E-state index in [4.69, 9.17) is 0 Å². The summed E-state index contributed by atoms with van der Waals surface area (Å²) in [5, 5.41) is 22.8. The molecule has 0 aliphatic carbocycles. The molecule has 5 heteroatoms. The molecular weight excluding hydrogens is 466 g/mol. The Kier molecular flexibility index (Phi) is 4.89. The second-order valence-electron chi connectivity index (χ2n) is 9.39. The van der Waals surface area contributed by atoms with Crippen LogP contribution in [0.1, 0.15) is 22.9 Å². The predicted molar refractivity (Wildman–Crippen MR) is 151 cm³/mol. The van der Waals surface area contributed by atoms with Gasteiger partial charge in [-0.2, -0.15) is 10.5 Å². The van der Waals surface area contributed by atoms with E-state index in [2.05, 4.69) is 112 Å². The molecule has 1 N–H and O–H groups in total. The number of nitrogens with zero attached hydrogens (tertiary/aromatic N) is 4. The van der Waals surface area contributed by atoms with Crippen molar-refractivity contribution in [3.63, 3.8) is 0 Å². The summed E-state index contributed by atoms with van der Waals surface area (Å²) >= 11 is 0. The maximum Gasteiger partial charge on any atom is 0.132 e. The van der Waals surface area contributed by atoms with Gasteiger partial charge in [0.25, 0.3) is 0 Å². The number of fused-ring (bicyclic) bond motifs is 7. The first-order valence-electron chi connectivity index (χ1n) is 12.4. The summed E-state index contributed by atoms with van der Waals surface area (Å²) in [6.07, 6.45) is -0.0524. The molecule has 0 amide bonds. The smallest absolute Gasteiger partial charge is 0.132 e. The van der Waals surface area contributed by atoms with Gasteiger partial charge in [0.05, 0.1) is 51.7 Å². The van der Waals surface area contributed by atoms with E-state index in [0.29, 0.717) is 11.1 Å². The van der Waals surface area contributed by atoms with E-state index in [-0.39, 0.29) is 6.17 Å². The Morgan fingerprint density at radius 3 is 2.00 bits per heavy atom. The monoisotopic (exact) mass is 487 g/mol. The molecular formula is C33H21N5. The molecule has 5 nitrogen and oxygen atoms in total. The fraction of sp³-hybridized carbons (Fsp3) is 0.0303. The molecule has 0 fully saturated rings. The van der Waals surface area contributed by atoms with Crippen LogP contribution in [-0.2, 0) is 0 Å². The number of hydrogen-bond donors (Lipinski definition) is 1. The van der Waals surface area contributed by atoms with Gasteiger partial charge < -0.3 is 15.1 Å². The van der Waals surface area contributed by atoms with Crippen LogP contribution in [0.5, 0.6) is 0 Å². The molecule has 2 aliphatic heterocycles. The molecule has 178 valence electrons. The van der Waals surface area contributed by atoms with Crippen LogP contribution < -0.4 is 15.1 Å². The van der Waals surface area contributed by atoms with E-state index in [0.717, 1.165) is 45.3 Å². The Morgan fingerprint density at radius 2 is 1.24 bits per heavy atom. The number of para-hydroxylation sites is 5. The summed E-state index contributed by atoms with van der Waals surface area (Å²) in [4.78, 5) is 4.68. The molecule has 1 atom stereocenters. The first-order chi connectivity index (χ1) is 18.7. The molecule has 1 unspecified atom stereocenters. The van der Waals surface area contributed by atoms with Crippen molar-refractivity contribution in [3.8, 4) is 23.3 Å². The standard InChI is InChI=1S/C33H21N5/c34-20-22-16-23(21-35)18-25(17-22)24-8-7-9-26(19-24)37-29-12-3-1-10-27(29)33-36-28-11-2-4-13-30(28)38(33)32-15-6-5-14-31(32)37/h1-19,33,36H. The van der Waals surface area contributed by atoms with Crippen LogP contribution in [0.2, 0.25) is 0 Å². The Balaban J connectivity index is 1.45. The Hall–Kier alpha value is -5.52. The van der Waals surface area contributed by atoms with E-state index in [9.17, 15) is 10.5 Å². The number of benzene rings is 5. The molecule has 0 aromatic heterocycles. The van der Waals surface area contributed by atoms with Crippen molar-refractivity contribution in [1.82, 2.24) is 0 Å². The second kappa shape index (κ2) is 8.55. The van der Waals surface area contributed by atoms with Gasteiger partial charge in [-0.1, -0.05) is 54.6 Å². The molecule has 0 radical (unpaired) electrons. The fourth-order valence-electron chi connectivity index (χ4n) is 5.58. The minimum atomic E-state index is -0.0524. The van der Waals surface area contributed by atoms with E-state index >= 15 is 0 Å². The quantitative estimate of drug-likeness (QED) is 0.272. The molecule has 5 aromatic carbocycles. The zero-order valence-corrected chi connectivity index (χ0v) is 20.3. The lowest BCUT2D eigenvalue weighted by Gasteiger charge is -2.28. The van der Waals surface area contributed by atoms with Crippen LogP contribution in [0.25, 0.3) is 11.1 Å². The van der Waals surface area contributed by atoms with Gasteiger partial charge in [-0.25, -0.2) is 0 Å². The molecule has 0 bridgehead atoms. The predicted octanol–water partition coefficient (Wildman–Crippen LogP) is 8.14. The Bertz CT molecular complexity index is 1780. The molecule has 7 rings (SSSR count). The van der Waals surface area contributed by atoms with Crippen LogP contribution in [-0.4, -0.2) is 0 Å². The van der Waals surface area contributed by atoms with Crippen LogP contribution in [0.4, 0.5) is 34.1 Å². The van der Waals surface area contributed by atoms with Crippen molar-refractivity contribution in [2.24, 2.45) is 0 Å². The second-order valence-corrected chi connectivity index (χ2v) is 9.39. The molecule has 2 aliphatic rings. The lowest BCUT2D eigenvalue weighted by atomic mass is 9.99. The summed E-state index contributed by atoms with van der Waals surface area (Å²) in [6.45, 7) is 0. The molecule has 2 heterocycles. The average Bonchev–Trinajstić information content (AvgIpc) is 3.32. The number of nitriles is 2. The van der Waals surface area contributed by atoms with Gasteiger partial charge in [0, 0.05) is 11.3 Å². The van der Waals surface area contributed by atoms with Crippen LogP contribution >= 0.6 is 0 Å². The Labute approximate surface area is 221 Å². The van der Waals surface area contributed by atoms with E-state index in [1.54, 1.807) is 6.07 Å².